The van der Waals surface area contributed by atoms with Gasteiger partial charge in [-0.1, -0.05) is 41.4 Å². The zero-order valence-corrected chi connectivity index (χ0v) is 14.9. The SMILES string of the molecule is C[NH+](CC(=O)Nc1ccccc1OC(F)F)Cc1ccc(Cl)c(Cl)c1. The van der Waals surface area contributed by atoms with Crippen LogP contribution in [0.2, 0.25) is 10.0 Å². The molecule has 2 N–H and O–H groups in total. The van der Waals surface area contributed by atoms with Crippen molar-refractivity contribution in [2.45, 2.75) is 13.2 Å². The number of likely N-dealkylation sites (N-methyl/N-ethyl adjacent to an activating group) is 1. The predicted molar refractivity (Wildman–Crippen MR) is 93.6 cm³/mol. The van der Waals surface area contributed by atoms with Crippen LogP contribution in [0.3, 0.4) is 0 Å². The molecule has 0 bridgehead atoms. The summed E-state index contributed by atoms with van der Waals surface area (Å²) in [5, 5.41) is 3.51. The summed E-state index contributed by atoms with van der Waals surface area (Å²) in [5.41, 5.74) is 1.14. The smallest absolute Gasteiger partial charge is 0.387 e. The van der Waals surface area contributed by atoms with Gasteiger partial charge in [-0.2, -0.15) is 8.78 Å². The van der Waals surface area contributed by atoms with E-state index in [-0.39, 0.29) is 23.9 Å². The van der Waals surface area contributed by atoms with Gasteiger partial charge in [0.25, 0.3) is 5.91 Å². The third-order valence-corrected chi connectivity index (χ3v) is 4.07. The lowest BCUT2D eigenvalue weighted by Crippen LogP contribution is -3.08. The van der Waals surface area contributed by atoms with Gasteiger partial charge in [0, 0.05) is 5.56 Å². The number of anilines is 1. The molecule has 1 unspecified atom stereocenters. The summed E-state index contributed by atoms with van der Waals surface area (Å²) in [6.07, 6.45) is 0. The molecule has 0 aliphatic rings. The largest absolute Gasteiger partial charge is 0.433 e. The van der Waals surface area contributed by atoms with Gasteiger partial charge in [0.05, 0.1) is 22.8 Å². The quantitative estimate of drug-likeness (QED) is 0.763. The van der Waals surface area contributed by atoms with Crippen molar-refractivity contribution in [1.82, 2.24) is 0 Å². The Kier molecular flexibility index (Phi) is 6.99. The Bertz CT molecular complexity index is 744. The highest BCUT2D eigenvalue weighted by Crippen LogP contribution is 2.25. The van der Waals surface area contributed by atoms with Crippen LogP contribution in [0.15, 0.2) is 42.5 Å². The second kappa shape index (κ2) is 8.99. The highest BCUT2D eigenvalue weighted by Gasteiger charge is 2.15. The Morgan fingerprint density at radius 2 is 1.92 bits per heavy atom. The summed E-state index contributed by atoms with van der Waals surface area (Å²) >= 11 is 11.8. The Labute approximate surface area is 154 Å². The molecule has 0 radical (unpaired) electrons. The van der Waals surface area contributed by atoms with Crippen LogP contribution < -0.4 is 15.0 Å². The maximum absolute atomic E-state index is 12.4. The number of hydrogen-bond donors (Lipinski definition) is 2. The van der Waals surface area contributed by atoms with Crippen LogP contribution in [0.4, 0.5) is 14.5 Å². The number of amides is 1. The molecule has 2 aromatic rings. The topological polar surface area (TPSA) is 42.8 Å². The molecule has 0 saturated carbocycles. The molecule has 0 aliphatic heterocycles. The second-order valence-electron chi connectivity index (χ2n) is 5.48. The summed E-state index contributed by atoms with van der Waals surface area (Å²) < 4.78 is 29.2. The molecule has 134 valence electrons. The van der Waals surface area contributed by atoms with Gasteiger partial charge in [0.2, 0.25) is 0 Å². The van der Waals surface area contributed by atoms with E-state index < -0.39 is 6.61 Å². The highest BCUT2D eigenvalue weighted by atomic mass is 35.5. The standard InChI is InChI=1S/C17H16Cl2F2N2O2/c1-23(9-11-6-7-12(18)13(19)8-11)10-16(24)22-14-4-2-3-5-15(14)25-17(20)21/h2-8,17H,9-10H2,1H3,(H,22,24)/p+1. The van der Waals surface area contributed by atoms with Crippen LogP contribution >= 0.6 is 23.2 Å². The number of benzene rings is 2. The molecule has 0 spiro atoms. The van der Waals surface area contributed by atoms with Gasteiger partial charge >= 0.3 is 6.61 Å². The number of nitrogens with one attached hydrogen (secondary N) is 2. The number of quaternary nitrogens is 1. The maximum Gasteiger partial charge on any atom is 0.387 e. The van der Waals surface area contributed by atoms with Gasteiger partial charge in [-0.25, -0.2) is 0 Å². The van der Waals surface area contributed by atoms with Gasteiger partial charge in [0.15, 0.2) is 6.54 Å². The molecule has 0 heterocycles. The van der Waals surface area contributed by atoms with Crippen LogP contribution in [-0.4, -0.2) is 26.1 Å². The molecule has 1 amide bonds. The van der Waals surface area contributed by atoms with Crippen molar-refractivity contribution in [2.24, 2.45) is 0 Å². The van der Waals surface area contributed by atoms with E-state index in [2.05, 4.69) is 10.1 Å². The van der Waals surface area contributed by atoms with Crippen LogP contribution in [0.1, 0.15) is 5.56 Å². The predicted octanol–water partition coefficient (Wildman–Crippen LogP) is 3.25. The van der Waals surface area contributed by atoms with Crippen LogP contribution in [0.25, 0.3) is 0 Å². The van der Waals surface area contributed by atoms with Crippen molar-refractivity contribution < 1.29 is 23.2 Å². The number of halogens is 4. The summed E-state index contributed by atoms with van der Waals surface area (Å²) in [6, 6.07) is 11.3. The van der Waals surface area contributed by atoms with Gasteiger partial charge in [-0.3, -0.25) is 4.79 Å². The van der Waals surface area contributed by atoms with Gasteiger partial charge in [-0.15, -0.1) is 0 Å². The first-order valence-electron chi connectivity index (χ1n) is 7.44. The molecule has 0 saturated heterocycles. The van der Waals surface area contributed by atoms with Crippen LogP contribution in [0, 0.1) is 0 Å². The van der Waals surface area contributed by atoms with Gasteiger partial charge in [-0.05, 0) is 24.3 Å². The third kappa shape index (κ3) is 6.16. The second-order valence-corrected chi connectivity index (χ2v) is 6.30. The summed E-state index contributed by atoms with van der Waals surface area (Å²) in [4.78, 5) is 13.0. The van der Waals surface area contributed by atoms with Crippen LogP contribution in [0.5, 0.6) is 5.75 Å². The van der Waals surface area contributed by atoms with E-state index in [0.717, 1.165) is 10.5 Å². The normalized spacial score (nSPS) is 12.1. The van der Waals surface area contributed by atoms with Crippen molar-refractivity contribution in [1.29, 1.82) is 0 Å². The van der Waals surface area contributed by atoms with Crippen molar-refractivity contribution in [3.05, 3.63) is 58.1 Å². The third-order valence-electron chi connectivity index (χ3n) is 3.33. The molecule has 2 aromatic carbocycles. The van der Waals surface area contributed by atoms with Gasteiger partial charge in [0.1, 0.15) is 12.3 Å². The zero-order chi connectivity index (χ0) is 18.4. The molecule has 0 aliphatic carbocycles. The minimum Gasteiger partial charge on any atom is -0.433 e. The lowest BCUT2D eigenvalue weighted by atomic mass is 10.2. The van der Waals surface area contributed by atoms with E-state index in [1.165, 1.54) is 12.1 Å². The molecule has 8 heteroatoms. The van der Waals surface area contributed by atoms with E-state index in [9.17, 15) is 13.6 Å². The zero-order valence-electron chi connectivity index (χ0n) is 13.4. The molecule has 1 atom stereocenters. The first kappa shape index (κ1) is 19.4. The fourth-order valence-corrected chi connectivity index (χ4v) is 2.62. The van der Waals surface area contributed by atoms with E-state index in [1.807, 2.05) is 13.1 Å². The van der Waals surface area contributed by atoms with Crippen molar-refractivity contribution in [3.63, 3.8) is 0 Å². The minimum atomic E-state index is -2.96. The monoisotopic (exact) mass is 389 g/mol. The number of alkyl halides is 2. The Balaban J connectivity index is 1.94. The highest BCUT2D eigenvalue weighted by molar-refractivity contribution is 6.42. The van der Waals surface area contributed by atoms with Crippen molar-refractivity contribution in [2.75, 3.05) is 18.9 Å². The number of carbonyl (C=O) groups is 1. The van der Waals surface area contributed by atoms with E-state index in [4.69, 9.17) is 23.2 Å². The maximum atomic E-state index is 12.4. The summed E-state index contributed by atoms with van der Waals surface area (Å²) in [6.45, 7) is -2.26. The van der Waals surface area contributed by atoms with Crippen molar-refractivity contribution in [3.8, 4) is 5.75 Å². The number of ether oxygens (including phenoxy) is 1. The minimum absolute atomic E-state index is 0.0759. The Hall–Kier alpha value is -1.89. The molecule has 25 heavy (non-hydrogen) atoms. The fourth-order valence-electron chi connectivity index (χ4n) is 2.30. The number of rotatable bonds is 7. The molecule has 4 nitrogen and oxygen atoms in total. The van der Waals surface area contributed by atoms with Gasteiger partial charge < -0.3 is 15.0 Å². The molecular weight excluding hydrogens is 373 g/mol. The Morgan fingerprint density at radius 3 is 2.60 bits per heavy atom. The fraction of sp³-hybridized carbons (Fsp3) is 0.235. The Morgan fingerprint density at radius 1 is 1.20 bits per heavy atom. The summed E-state index contributed by atoms with van der Waals surface area (Å²) in [5.74, 6) is -0.393. The number of carbonyl (C=O) groups excluding carboxylic acids is 1. The molecule has 2 rings (SSSR count). The molecule has 0 aromatic heterocycles. The average Bonchev–Trinajstić information content (AvgIpc) is 2.52. The lowest BCUT2D eigenvalue weighted by Gasteiger charge is -2.15. The first-order valence-corrected chi connectivity index (χ1v) is 8.19. The summed E-state index contributed by atoms with van der Waals surface area (Å²) in [7, 11) is 1.84. The van der Waals surface area contributed by atoms with Crippen molar-refractivity contribution >= 4 is 34.8 Å². The number of hydrogen-bond acceptors (Lipinski definition) is 2. The number of para-hydroxylation sites is 2. The lowest BCUT2D eigenvalue weighted by molar-refractivity contribution is -0.885. The first-order chi connectivity index (χ1) is 11.8. The van der Waals surface area contributed by atoms with Crippen LogP contribution in [-0.2, 0) is 11.3 Å². The van der Waals surface area contributed by atoms with E-state index in [0.29, 0.717) is 16.6 Å². The molecule has 0 fully saturated rings. The molecular formula is C17H17Cl2F2N2O2+. The average molecular weight is 390 g/mol. The van der Waals surface area contributed by atoms with E-state index >= 15 is 0 Å². The van der Waals surface area contributed by atoms with E-state index in [1.54, 1.807) is 24.3 Å².